The van der Waals surface area contributed by atoms with E-state index in [-0.39, 0.29) is 24.5 Å². The van der Waals surface area contributed by atoms with Crippen LogP contribution >= 0.6 is 0 Å². The van der Waals surface area contributed by atoms with Crippen molar-refractivity contribution in [1.82, 2.24) is 9.80 Å². The number of fused-ring (bicyclic) bond motifs is 3. The van der Waals surface area contributed by atoms with Gasteiger partial charge in [0.25, 0.3) is 5.91 Å². The number of benzene rings is 3. The number of nitrogens with zero attached hydrogens (tertiary/aromatic N) is 2. The molecule has 8 heteroatoms. The van der Waals surface area contributed by atoms with Crippen LogP contribution in [0.4, 0.5) is 13.2 Å². The van der Waals surface area contributed by atoms with Gasteiger partial charge in [-0.15, -0.1) is 0 Å². The zero-order valence-electron chi connectivity index (χ0n) is 22.5. The molecule has 3 atom stereocenters. The Morgan fingerprint density at radius 1 is 1.03 bits per heavy atom. The highest BCUT2D eigenvalue weighted by molar-refractivity contribution is 6.01. The Morgan fingerprint density at radius 3 is 2.38 bits per heavy atom. The normalized spacial score (nSPS) is 19.3. The lowest BCUT2D eigenvalue weighted by atomic mass is 9.94. The van der Waals surface area contributed by atoms with Gasteiger partial charge in [-0.05, 0) is 48.4 Å². The van der Waals surface area contributed by atoms with Gasteiger partial charge in [0.1, 0.15) is 0 Å². The van der Waals surface area contributed by atoms with Crippen LogP contribution < -0.4 is 0 Å². The fourth-order valence-corrected chi connectivity index (χ4v) is 5.08. The Balaban J connectivity index is 1.64. The van der Waals surface area contributed by atoms with Crippen LogP contribution in [-0.4, -0.2) is 59.7 Å². The van der Waals surface area contributed by atoms with E-state index in [1.807, 2.05) is 74.3 Å². The van der Waals surface area contributed by atoms with Gasteiger partial charge < -0.3 is 14.7 Å². The van der Waals surface area contributed by atoms with Crippen molar-refractivity contribution in [1.29, 1.82) is 0 Å². The van der Waals surface area contributed by atoms with Crippen molar-refractivity contribution < 1.29 is 27.8 Å². The number of halogens is 3. The molecule has 0 spiro atoms. The molecule has 0 bridgehead atoms. The van der Waals surface area contributed by atoms with Crippen LogP contribution in [0.1, 0.15) is 40.9 Å². The molecule has 1 aliphatic rings. The number of carbonyl (C=O) groups excluding carboxylic acids is 1. The molecule has 0 unspecified atom stereocenters. The van der Waals surface area contributed by atoms with E-state index in [4.69, 9.17) is 4.74 Å². The van der Waals surface area contributed by atoms with Crippen molar-refractivity contribution in [3.63, 3.8) is 0 Å². The molecule has 1 amide bonds. The molecule has 1 N–H and O–H groups in total. The standard InChI is InChI=1S/C31H35F3N2O3/c1-21-16-36(22(2)19-37)30(38)28-14-7-6-13-27(28)26-12-5-4-10-24(26)20-39-29(21)18-35(3)17-23-9-8-11-25(15-23)31(32,33)34/h4-15,21-22,29,37H,16-20H2,1-3H3/t21-,22-,29+/m0/s1. The molecule has 5 nitrogen and oxygen atoms in total. The lowest BCUT2D eigenvalue weighted by molar-refractivity contribution is -0.137. The lowest BCUT2D eigenvalue weighted by Gasteiger charge is -2.35. The van der Waals surface area contributed by atoms with Crippen molar-refractivity contribution in [3.05, 3.63) is 95.1 Å². The topological polar surface area (TPSA) is 53.0 Å². The molecule has 1 heterocycles. The molecule has 0 saturated heterocycles. The monoisotopic (exact) mass is 540 g/mol. The summed E-state index contributed by atoms with van der Waals surface area (Å²) < 4.78 is 46.1. The summed E-state index contributed by atoms with van der Waals surface area (Å²) in [4.78, 5) is 17.5. The van der Waals surface area contributed by atoms with Crippen LogP contribution in [-0.2, 0) is 24.1 Å². The van der Waals surface area contributed by atoms with Gasteiger partial charge in [0.2, 0.25) is 0 Å². The number of hydrogen-bond acceptors (Lipinski definition) is 4. The van der Waals surface area contributed by atoms with Crippen molar-refractivity contribution in [2.24, 2.45) is 5.92 Å². The molecular formula is C31H35F3N2O3. The van der Waals surface area contributed by atoms with Gasteiger partial charge >= 0.3 is 6.18 Å². The van der Waals surface area contributed by atoms with Crippen molar-refractivity contribution >= 4 is 5.91 Å². The van der Waals surface area contributed by atoms with Crippen LogP contribution in [0.5, 0.6) is 0 Å². The van der Waals surface area contributed by atoms with E-state index in [1.54, 1.807) is 11.0 Å². The molecule has 0 aliphatic carbocycles. The third-order valence-electron chi connectivity index (χ3n) is 7.29. The fraction of sp³-hybridized carbons (Fsp3) is 0.387. The van der Waals surface area contributed by atoms with Crippen molar-refractivity contribution in [3.8, 4) is 11.1 Å². The van der Waals surface area contributed by atoms with Crippen LogP contribution in [0, 0.1) is 5.92 Å². The minimum atomic E-state index is -4.40. The fourth-order valence-electron chi connectivity index (χ4n) is 5.08. The molecule has 208 valence electrons. The first kappa shape index (κ1) is 28.8. The maximum atomic E-state index is 13.9. The molecule has 4 rings (SSSR count). The number of aliphatic hydroxyl groups excluding tert-OH is 1. The molecule has 0 radical (unpaired) electrons. The first-order valence-electron chi connectivity index (χ1n) is 13.1. The van der Waals surface area contributed by atoms with Gasteiger partial charge in [-0.3, -0.25) is 9.69 Å². The van der Waals surface area contributed by atoms with Crippen molar-refractivity contribution in [2.45, 2.75) is 45.3 Å². The van der Waals surface area contributed by atoms with E-state index < -0.39 is 17.8 Å². The van der Waals surface area contributed by atoms with Gasteiger partial charge in [-0.1, -0.05) is 67.6 Å². The number of rotatable bonds is 6. The Labute approximate surface area is 227 Å². The maximum Gasteiger partial charge on any atom is 0.416 e. The highest BCUT2D eigenvalue weighted by Crippen LogP contribution is 2.32. The number of amides is 1. The number of ether oxygens (including phenoxy) is 1. The molecule has 39 heavy (non-hydrogen) atoms. The highest BCUT2D eigenvalue weighted by Gasteiger charge is 2.32. The quantitative estimate of drug-likeness (QED) is 0.426. The van der Waals surface area contributed by atoms with E-state index in [1.165, 1.54) is 12.1 Å². The van der Waals surface area contributed by atoms with Crippen LogP contribution in [0.15, 0.2) is 72.8 Å². The Hall–Kier alpha value is -3.20. The largest absolute Gasteiger partial charge is 0.416 e. The van der Waals surface area contributed by atoms with Gasteiger partial charge in [-0.2, -0.15) is 13.2 Å². The maximum absolute atomic E-state index is 13.9. The van der Waals surface area contributed by atoms with E-state index >= 15 is 0 Å². The van der Waals surface area contributed by atoms with Gasteiger partial charge in [0.15, 0.2) is 0 Å². The van der Waals surface area contributed by atoms with Gasteiger partial charge in [0.05, 0.1) is 30.9 Å². The first-order chi connectivity index (χ1) is 18.6. The first-order valence-corrected chi connectivity index (χ1v) is 13.1. The van der Waals surface area contributed by atoms with E-state index in [0.717, 1.165) is 22.8 Å². The predicted molar refractivity (Wildman–Crippen MR) is 145 cm³/mol. The van der Waals surface area contributed by atoms with E-state index in [9.17, 15) is 23.1 Å². The third kappa shape index (κ3) is 6.87. The summed E-state index contributed by atoms with van der Waals surface area (Å²) in [5, 5.41) is 9.98. The summed E-state index contributed by atoms with van der Waals surface area (Å²) in [5.74, 6) is -0.281. The van der Waals surface area contributed by atoms with E-state index in [0.29, 0.717) is 37.4 Å². The molecule has 0 fully saturated rings. The van der Waals surface area contributed by atoms with Crippen molar-refractivity contribution in [2.75, 3.05) is 26.7 Å². The number of aliphatic hydroxyl groups is 1. The molecule has 3 aromatic carbocycles. The molecule has 3 aromatic rings. The minimum absolute atomic E-state index is 0.121. The summed E-state index contributed by atoms with van der Waals surface area (Å²) in [6, 6.07) is 20.2. The predicted octanol–water partition coefficient (Wildman–Crippen LogP) is 5.86. The Bertz CT molecular complexity index is 1280. The zero-order chi connectivity index (χ0) is 28.2. The van der Waals surface area contributed by atoms with E-state index in [2.05, 4.69) is 0 Å². The molecule has 0 saturated carbocycles. The second kappa shape index (κ2) is 12.3. The van der Waals surface area contributed by atoms with Crippen LogP contribution in [0.2, 0.25) is 0 Å². The Morgan fingerprint density at radius 2 is 1.69 bits per heavy atom. The highest BCUT2D eigenvalue weighted by atomic mass is 19.4. The second-order valence-electron chi connectivity index (χ2n) is 10.4. The second-order valence-corrected chi connectivity index (χ2v) is 10.4. The average Bonchev–Trinajstić information content (AvgIpc) is 2.94. The van der Waals surface area contributed by atoms with Crippen LogP contribution in [0.3, 0.4) is 0 Å². The van der Waals surface area contributed by atoms with Crippen LogP contribution in [0.25, 0.3) is 11.1 Å². The van der Waals surface area contributed by atoms with Gasteiger partial charge in [-0.25, -0.2) is 0 Å². The number of alkyl halides is 3. The summed E-state index contributed by atoms with van der Waals surface area (Å²) in [7, 11) is 1.85. The summed E-state index contributed by atoms with van der Waals surface area (Å²) in [6.07, 6.45) is -4.72. The average molecular weight is 541 g/mol. The van der Waals surface area contributed by atoms with Gasteiger partial charge in [0, 0.05) is 31.1 Å². The number of carbonyl (C=O) groups is 1. The smallest absolute Gasteiger partial charge is 0.394 e. The zero-order valence-corrected chi connectivity index (χ0v) is 22.5. The summed E-state index contributed by atoms with van der Waals surface area (Å²) >= 11 is 0. The SMILES string of the molecule is C[C@H]1CN([C@@H](C)CO)C(=O)c2ccccc2-c2ccccc2CO[C@@H]1CN(C)Cc1cccc(C(F)(F)F)c1. The summed E-state index contributed by atoms with van der Waals surface area (Å²) in [6.45, 7) is 5.07. The number of hydrogen-bond donors (Lipinski definition) is 1. The Kier molecular flexibility index (Phi) is 9.10. The molecule has 1 aliphatic heterocycles. The lowest BCUT2D eigenvalue weighted by Crippen LogP contribution is -2.47. The molecule has 0 aromatic heterocycles. The third-order valence-corrected chi connectivity index (χ3v) is 7.29. The molecular weight excluding hydrogens is 505 g/mol. The number of likely N-dealkylation sites (N-methyl/N-ethyl adjacent to an activating group) is 1. The minimum Gasteiger partial charge on any atom is -0.394 e. The summed E-state index contributed by atoms with van der Waals surface area (Å²) in [5.41, 5.74) is 3.12.